The van der Waals surface area contributed by atoms with E-state index in [2.05, 4.69) is 44.6 Å². The van der Waals surface area contributed by atoms with Gasteiger partial charge < -0.3 is 28.9 Å². The minimum atomic E-state index is -0.254. The van der Waals surface area contributed by atoms with E-state index in [9.17, 15) is 4.79 Å². The number of hydrogen-bond acceptors (Lipinski definition) is 7. The van der Waals surface area contributed by atoms with E-state index in [1.165, 1.54) is 17.2 Å². The first kappa shape index (κ1) is 25.8. The van der Waals surface area contributed by atoms with Crippen LogP contribution in [0.25, 0.3) is 10.9 Å². The summed E-state index contributed by atoms with van der Waals surface area (Å²) in [5, 5.41) is 4.12. The molecule has 0 spiro atoms. The van der Waals surface area contributed by atoms with Crippen LogP contribution in [0.15, 0.2) is 59.3 Å². The first-order chi connectivity index (χ1) is 18.6. The van der Waals surface area contributed by atoms with Crippen LogP contribution in [-0.4, -0.2) is 60.8 Å². The average molecular weight is 519 g/mol. The molecule has 1 atom stereocenters. The molecule has 4 aromatic rings. The number of oxazole rings is 1. The number of benzene rings is 2. The summed E-state index contributed by atoms with van der Waals surface area (Å²) in [6.45, 7) is 2.99. The Morgan fingerprint density at radius 1 is 1.16 bits per heavy atom. The quantitative estimate of drug-likeness (QED) is 0.288. The average Bonchev–Trinajstić information content (AvgIpc) is 3.72. The lowest BCUT2D eigenvalue weighted by Crippen LogP contribution is -2.32. The Bertz CT molecular complexity index is 1360. The molecule has 0 radical (unpaired) electrons. The molecule has 1 saturated heterocycles. The molecule has 9 nitrogen and oxygen atoms in total. The maximum Gasteiger partial charge on any atom is 0.273 e. The highest BCUT2D eigenvalue weighted by Crippen LogP contribution is 2.26. The molecule has 1 fully saturated rings. The number of para-hydroxylation sites is 1. The maximum atomic E-state index is 12.6. The fourth-order valence-corrected chi connectivity index (χ4v) is 4.86. The third-order valence-corrected chi connectivity index (χ3v) is 6.91. The number of methoxy groups -OCH3 is 2. The van der Waals surface area contributed by atoms with Crippen LogP contribution in [0.5, 0.6) is 11.5 Å². The van der Waals surface area contributed by atoms with Gasteiger partial charge in [0, 0.05) is 48.9 Å². The highest BCUT2D eigenvalue weighted by molar-refractivity contribution is 5.91. The van der Waals surface area contributed by atoms with Gasteiger partial charge in [0.15, 0.2) is 5.69 Å². The summed E-state index contributed by atoms with van der Waals surface area (Å²) in [6.07, 6.45) is 6.38. The Balaban J connectivity index is 1.31. The van der Waals surface area contributed by atoms with Gasteiger partial charge in [-0.1, -0.05) is 18.2 Å². The molecule has 1 aliphatic heterocycles. The van der Waals surface area contributed by atoms with Crippen molar-refractivity contribution in [2.45, 2.75) is 38.5 Å². The van der Waals surface area contributed by atoms with Gasteiger partial charge in [-0.3, -0.25) is 9.69 Å². The van der Waals surface area contributed by atoms with Gasteiger partial charge in [-0.2, -0.15) is 0 Å². The van der Waals surface area contributed by atoms with E-state index >= 15 is 0 Å². The molecule has 2 N–H and O–H groups in total. The second-order valence-corrected chi connectivity index (χ2v) is 9.47. The zero-order chi connectivity index (χ0) is 26.3. The number of H-pyrrole nitrogens is 1. The number of aromatic nitrogens is 2. The minimum absolute atomic E-state index is 0.0724. The van der Waals surface area contributed by atoms with Gasteiger partial charge in [0.25, 0.3) is 5.91 Å². The van der Waals surface area contributed by atoms with E-state index < -0.39 is 0 Å². The summed E-state index contributed by atoms with van der Waals surface area (Å²) in [4.78, 5) is 22.7. The molecule has 5 rings (SSSR count). The van der Waals surface area contributed by atoms with Crippen molar-refractivity contribution in [1.82, 2.24) is 20.2 Å². The summed E-state index contributed by atoms with van der Waals surface area (Å²) in [7, 11) is 3.32. The highest BCUT2D eigenvalue weighted by Gasteiger charge is 2.20. The molecule has 2 aromatic carbocycles. The van der Waals surface area contributed by atoms with E-state index in [0.29, 0.717) is 25.5 Å². The lowest BCUT2D eigenvalue weighted by Gasteiger charge is -2.22. The van der Waals surface area contributed by atoms with Gasteiger partial charge in [-0.15, -0.1) is 0 Å². The van der Waals surface area contributed by atoms with E-state index in [1.807, 2.05) is 24.3 Å². The molecule has 1 aliphatic rings. The Morgan fingerprint density at radius 3 is 2.87 bits per heavy atom. The van der Waals surface area contributed by atoms with Crippen LogP contribution < -0.4 is 14.8 Å². The number of nitrogens with zero attached hydrogens (tertiary/aromatic N) is 2. The molecule has 0 unspecified atom stereocenters. The van der Waals surface area contributed by atoms with Crippen molar-refractivity contribution >= 4 is 16.8 Å². The number of hydrogen-bond donors (Lipinski definition) is 2. The Labute approximate surface area is 222 Å². The van der Waals surface area contributed by atoms with Crippen LogP contribution in [0.4, 0.5) is 0 Å². The molecule has 38 heavy (non-hydrogen) atoms. The number of carbonyl (C=O) groups excluding carboxylic acids is 1. The largest absolute Gasteiger partial charge is 0.497 e. The van der Waals surface area contributed by atoms with Crippen LogP contribution in [0.2, 0.25) is 0 Å². The SMILES string of the molecule is COc1ccc(OC)c(CN(CCc2c[nH]c3ccccc23)Cc2nc(C(=O)NC[C@@H]3CCCO3)co2)c1. The Morgan fingerprint density at radius 2 is 2.05 bits per heavy atom. The molecule has 0 aliphatic carbocycles. The maximum absolute atomic E-state index is 12.6. The molecule has 3 heterocycles. The predicted molar refractivity (Wildman–Crippen MR) is 143 cm³/mol. The monoisotopic (exact) mass is 518 g/mol. The highest BCUT2D eigenvalue weighted by atomic mass is 16.5. The van der Waals surface area contributed by atoms with Crippen LogP contribution in [-0.2, 0) is 24.2 Å². The molecule has 9 heteroatoms. The number of aromatic amines is 1. The number of nitrogens with one attached hydrogen (secondary N) is 2. The first-order valence-corrected chi connectivity index (χ1v) is 13.0. The van der Waals surface area contributed by atoms with E-state index in [1.54, 1.807) is 14.2 Å². The molecule has 2 aromatic heterocycles. The van der Waals surface area contributed by atoms with Crippen LogP contribution in [0, 0.1) is 0 Å². The van der Waals surface area contributed by atoms with Gasteiger partial charge in [0.1, 0.15) is 17.8 Å². The van der Waals surface area contributed by atoms with E-state index in [-0.39, 0.29) is 17.7 Å². The van der Waals surface area contributed by atoms with Crippen LogP contribution in [0.3, 0.4) is 0 Å². The number of ether oxygens (including phenoxy) is 3. The smallest absolute Gasteiger partial charge is 0.273 e. The summed E-state index contributed by atoms with van der Waals surface area (Å²) in [5.41, 5.74) is 3.63. The number of amides is 1. The zero-order valence-corrected chi connectivity index (χ0v) is 21.9. The molecular weight excluding hydrogens is 484 g/mol. The van der Waals surface area contributed by atoms with Gasteiger partial charge in [0.2, 0.25) is 5.89 Å². The minimum Gasteiger partial charge on any atom is -0.497 e. The predicted octanol–water partition coefficient (Wildman–Crippen LogP) is 4.33. The van der Waals surface area contributed by atoms with Crippen molar-refractivity contribution in [1.29, 1.82) is 0 Å². The molecule has 200 valence electrons. The fraction of sp³-hybridized carbons (Fsp3) is 0.379. The second-order valence-electron chi connectivity index (χ2n) is 9.47. The Hall–Kier alpha value is -3.82. The van der Waals surface area contributed by atoms with Crippen molar-refractivity contribution in [3.63, 3.8) is 0 Å². The van der Waals surface area contributed by atoms with Gasteiger partial charge in [-0.25, -0.2) is 4.98 Å². The van der Waals surface area contributed by atoms with Gasteiger partial charge >= 0.3 is 0 Å². The molecule has 0 bridgehead atoms. The van der Waals surface area contributed by atoms with E-state index in [0.717, 1.165) is 55.0 Å². The second kappa shape index (κ2) is 12.1. The zero-order valence-electron chi connectivity index (χ0n) is 21.9. The van der Waals surface area contributed by atoms with Gasteiger partial charge in [-0.05, 0) is 49.1 Å². The molecular formula is C29H34N4O5. The molecule has 1 amide bonds. The Kier molecular flexibility index (Phi) is 8.25. The topological polar surface area (TPSA) is 102 Å². The number of carbonyl (C=O) groups is 1. The summed E-state index contributed by atoms with van der Waals surface area (Å²) < 4.78 is 22.4. The van der Waals surface area contributed by atoms with Crippen molar-refractivity contribution < 1.29 is 23.4 Å². The fourth-order valence-electron chi connectivity index (χ4n) is 4.86. The molecule has 0 saturated carbocycles. The summed E-state index contributed by atoms with van der Waals surface area (Å²) >= 11 is 0. The third kappa shape index (κ3) is 6.17. The number of fused-ring (bicyclic) bond motifs is 1. The van der Waals surface area contributed by atoms with Crippen LogP contribution in [0.1, 0.15) is 40.3 Å². The van der Waals surface area contributed by atoms with Crippen molar-refractivity contribution in [2.24, 2.45) is 0 Å². The van der Waals surface area contributed by atoms with Crippen molar-refractivity contribution in [3.05, 3.63) is 77.6 Å². The normalized spacial score (nSPS) is 15.3. The lowest BCUT2D eigenvalue weighted by atomic mass is 10.1. The lowest BCUT2D eigenvalue weighted by molar-refractivity contribution is 0.0853. The summed E-state index contributed by atoms with van der Waals surface area (Å²) in [5.74, 6) is 1.77. The summed E-state index contributed by atoms with van der Waals surface area (Å²) in [6, 6.07) is 14.1. The first-order valence-electron chi connectivity index (χ1n) is 13.0. The standard InChI is InChI=1S/C29H34N4O5/c1-35-22-9-10-27(36-2)21(14-22)17-33(12-11-20-15-30-25-8-4-3-7-24(20)25)18-28-32-26(19-38-28)29(34)31-16-23-6-5-13-37-23/h3-4,7-10,14-15,19,23,30H,5-6,11-13,16-18H2,1-2H3,(H,31,34)/t23-/m0/s1. The van der Waals surface area contributed by atoms with E-state index in [4.69, 9.17) is 18.6 Å². The number of rotatable bonds is 12. The van der Waals surface area contributed by atoms with Crippen LogP contribution >= 0.6 is 0 Å². The van der Waals surface area contributed by atoms with Gasteiger partial charge in [0.05, 0.1) is 26.9 Å². The third-order valence-electron chi connectivity index (χ3n) is 6.91. The van der Waals surface area contributed by atoms with Crippen molar-refractivity contribution in [2.75, 3.05) is 33.9 Å². The van der Waals surface area contributed by atoms with Crippen molar-refractivity contribution in [3.8, 4) is 11.5 Å².